The van der Waals surface area contributed by atoms with Crippen molar-refractivity contribution in [3.05, 3.63) is 64.1 Å². The highest BCUT2D eigenvalue weighted by atomic mass is 19.1. The summed E-state index contributed by atoms with van der Waals surface area (Å²) in [5.41, 5.74) is 0.706. The third-order valence-corrected chi connectivity index (χ3v) is 4.44. The van der Waals surface area contributed by atoms with E-state index >= 15 is 0 Å². The maximum Gasteiger partial charge on any atom is 0.270 e. The summed E-state index contributed by atoms with van der Waals surface area (Å²) in [6.07, 6.45) is 4.88. The molecule has 2 heterocycles. The fourth-order valence-corrected chi connectivity index (χ4v) is 3.14. The van der Waals surface area contributed by atoms with Crippen LogP contribution in [-0.4, -0.2) is 33.7 Å². The molecule has 24 heavy (non-hydrogen) atoms. The molecule has 3 rings (SSSR count). The lowest BCUT2D eigenvalue weighted by Crippen LogP contribution is -2.40. The van der Waals surface area contributed by atoms with Gasteiger partial charge >= 0.3 is 0 Å². The van der Waals surface area contributed by atoms with Gasteiger partial charge < -0.3 is 4.98 Å². The van der Waals surface area contributed by atoms with E-state index in [4.69, 9.17) is 0 Å². The van der Waals surface area contributed by atoms with Crippen molar-refractivity contribution >= 4 is 5.78 Å². The van der Waals surface area contributed by atoms with Gasteiger partial charge in [0.2, 0.25) is 0 Å². The molecule has 0 amide bonds. The van der Waals surface area contributed by atoms with Gasteiger partial charge in [-0.3, -0.25) is 19.5 Å². The van der Waals surface area contributed by atoms with Gasteiger partial charge in [0.1, 0.15) is 17.3 Å². The lowest BCUT2D eigenvalue weighted by atomic mass is 9.90. The molecule has 1 N–H and O–H groups in total. The number of likely N-dealkylation sites (tertiary alicyclic amines) is 1. The van der Waals surface area contributed by atoms with E-state index in [0.717, 1.165) is 19.4 Å². The highest BCUT2D eigenvalue weighted by Crippen LogP contribution is 2.20. The van der Waals surface area contributed by atoms with E-state index in [0.29, 0.717) is 24.3 Å². The largest absolute Gasteiger partial charge is 0.326 e. The van der Waals surface area contributed by atoms with Crippen molar-refractivity contribution in [2.24, 2.45) is 5.92 Å². The molecule has 1 aliphatic rings. The van der Waals surface area contributed by atoms with Crippen LogP contribution in [0.3, 0.4) is 0 Å². The second-order valence-corrected chi connectivity index (χ2v) is 6.17. The summed E-state index contributed by atoms with van der Waals surface area (Å²) < 4.78 is 13.7. The van der Waals surface area contributed by atoms with Crippen LogP contribution in [0.1, 0.15) is 24.1 Å². The summed E-state index contributed by atoms with van der Waals surface area (Å²) in [4.78, 5) is 33.0. The number of carbonyl (C=O) groups is 1. The van der Waals surface area contributed by atoms with E-state index in [1.807, 2.05) is 0 Å². The van der Waals surface area contributed by atoms with E-state index in [1.54, 1.807) is 24.4 Å². The van der Waals surface area contributed by atoms with Gasteiger partial charge in [-0.15, -0.1) is 0 Å². The van der Waals surface area contributed by atoms with Crippen molar-refractivity contribution in [3.63, 3.8) is 0 Å². The Morgan fingerprint density at radius 2 is 2.21 bits per heavy atom. The first-order valence-corrected chi connectivity index (χ1v) is 8.14. The molecule has 0 aliphatic carbocycles. The first-order chi connectivity index (χ1) is 11.6. The summed E-state index contributed by atoms with van der Waals surface area (Å²) >= 11 is 0. The molecule has 1 atom stereocenters. The molecule has 0 bridgehead atoms. The molecule has 0 spiro atoms. The number of Topliss-reactive ketones (excluding diaryl/α,β-unsaturated/α-hetero) is 1. The van der Waals surface area contributed by atoms with Crippen LogP contribution in [0.15, 0.2) is 41.5 Å². The van der Waals surface area contributed by atoms with Crippen molar-refractivity contribution in [1.82, 2.24) is 14.9 Å². The molecule has 0 radical (unpaired) electrons. The molecule has 1 aromatic heterocycles. The number of benzene rings is 1. The molecular weight excluding hydrogens is 309 g/mol. The van der Waals surface area contributed by atoms with Crippen LogP contribution in [0.4, 0.5) is 4.39 Å². The van der Waals surface area contributed by atoms with Gasteiger partial charge in [-0.25, -0.2) is 4.39 Å². The Bertz CT molecular complexity index is 775. The number of hydrogen-bond donors (Lipinski definition) is 1. The number of carbonyl (C=O) groups excluding carboxylic acids is 1. The maximum atomic E-state index is 13.7. The molecule has 1 saturated heterocycles. The summed E-state index contributed by atoms with van der Waals surface area (Å²) in [6, 6.07) is 6.40. The van der Waals surface area contributed by atoms with E-state index in [1.165, 1.54) is 12.3 Å². The minimum Gasteiger partial charge on any atom is -0.326 e. The molecule has 0 saturated carbocycles. The van der Waals surface area contributed by atoms with Crippen LogP contribution in [0.2, 0.25) is 0 Å². The number of rotatable bonds is 5. The monoisotopic (exact) mass is 329 g/mol. The predicted molar refractivity (Wildman–Crippen MR) is 88.0 cm³/mol. The third kappa shape index (κ3) is 3.94. The predicted octanol–water partition coefficient (Wildman–Crippen LogP) is 1.93. The lowest BCUT2D eigenvalue weighted by Gasteiger charge is -2.31. The number of halogens is 1. The summed E-state index contributed by atoms with van der Waals surface area (Å²) in [5, 5.41) is 0. The van der Waals surface area contributed by atoms with Gasteiger partial charge in [0.25, 0.3) is 5.56 Å². The molecule has 1 aromatic carbocycles. The summed E-state index contributed by atoms with van der Waals surface area (Å²) in [5.74, 6) is -0.403. The van der Waals surface area contributed by atoms with Crippen LogP contribution in [-0.2, 0) is 17.8 Å². The quantitative estimate of drug-likeness (QED) is 0.910. The number of hydrogen-bond acceptors (Lipinski definition) is 4. The Morgan fingerprint density at radius 1 is 1.38 bits per heavy atom. The molecule has 2 aromatic rings. The number of piperidine rings is 1. The zero-order valence-corrected chi connectivity index (χ0v) is 13.4. The third-order valence-electron chi connectivity index (χ3n) is 4.44. The van der Waals surface area contributed by atoms with Crippen molar-refractivity contribution < 1.29 is 9.18 Å². The van der Waals surface area contributed by atoms with Crippen LogP contribution in [0.5, 0.6) is 0 Å². The fraction of sp³-hybridized carbons (Fsp3) is 0.389. The average Bonchev–Trinajstić information content (AvgIpc) is 2.59. The molecule has 1 aliphatic heterocycles. The van der Waals surface area contributed by atoms with Crippen LogP contribution >= 0.6 is 0 Å². The Hall–Kier alpha value is -2.34. The first kappa shape index (κ1) is 16.5. The smallest absolute Gasteiger partial charge is 0.270 e. The minimum atomic E-state index is -0.335. The van der Waals surface area contributed by atoms with Crippen molar-refractivity contribution in [2.75, 3.05) is 13.1 Å². The van der Waals surface area contributed by atoms with Gasteiger partial charge in [-0.1, -0.05) is 18.2 Å². The summed E-state index contributed by atoms with van der Waals surface area (Å²) in [6.45, 7) is 1.85. The van der Waals surface area contributed by atoms with Gasteiger partial charge in [0.05, 0.1) is 0 Å². The summed E-state index contributed by atoms with van der Waals surface area (Å²) in [7, 11) is 0. The number of nitrogens with zero attached hydrogens (tertiary/aromatic N) is 2. The SMILES string of the molecule is O=C(Cc1ccccc1F)C1CCCN(Cc2ncc[nH]c2=O)C1. The molecule has 5 nitrogen and oxygen atoms in total. The van der Waals surface area contributed by atoms with Crippen LogP contribution < -0.4 is 5.56 Å². The van der Waals surface area contributed by atoms with Crippen LogP contribution in [0, 0.1) is 11.7 Å². The van der Waals surface area contributed by atoms with Crippen molar-refractivity contribution in [1.29, 1.82) is 0 Å². The van der Waals surface area contributed by atoms with Gasteiger partial charge in [0, 0.05) is 37.8 Å². The zero-order chi connectivity index (χ0) is 16.9. The Kier molecular flexibility index (Phi) is 5.15. The standard InChI is InChI=1S/C18H20FN3O2/c19-15-6-2-1-4-13(15)10-17(23)14-5-3-9-22(11-14)12-16-18(24)21-8-7-20-16/h1-2,4,6-8,14H,3,5,9-12H2,(H,21,24). The molecule has 126 valence electrons. The number of nitrogens with one attached hydrogen (secondary N) is 1. The topological polar surface area (TPSA) is 66.1 Å². The number of H-pyrrole nitrogens is 1. The Labute approximate surface area is 139 Å². The number of ketones is 1. The van der Waals surface area contributed by atoms with Gasteiger partial charge in [-0.2, -0.15) is 0 Å². The van der Waals surface area contributed by atoms with E-state index in [9.17, 15) is 14.0 Å². The molecular formula is C18H20FN3O2. The first-order valence-electron chi connectivity index (χ1n) is 8.14. The maximum absolute atomic E-state index is 13.7. The Morgan fingerprint density at radius 3 is 3.00 bits per heavy atom. The number of aromatic nitrogens is 2. The number of aromatic amines is 1. The van der Waals surface area contributed by atoms with E-state index < -0.39 is 0 Å². The minimum absolute atomic E-state index is 0.0553. The normalized spacial score (nSPS) is 18.5. The van der Waals surface area contributed by atoms with E-state index in [-0.39, 0.29) is 29.5 Å². The molecule has 1 fully saturated rings. The fourth-order valence-electron chi connectivity index (χ4n) is 3.14. The average molecular weight is 329 g/mol. The second kappa shape index (κ2) is 7.49. The molecule has 1 unspecified atom stereocenters. The van der Waals surface area contributed by atoms with Crippen molar-refractivity contribution in [3.8, 4) is 0 Å². The second-order valence-electron chi connectivity index (χ2n) is 6.17. The van der Waals surface area contributed by atoms with Gasteiger partial charge in [-0.05, 0) is 31.0 Å². The Balaban J connectivity index is 1.63. The van der Waals surface area contributed by atoms with Crippen molar-refractivity contribution in [2.45, 2.75) is 25.8 Å². The lowest BCUT2D eigenvalue weighted by molar-refractivity contribution is -0.124. The highest BCUT2D eigenvalue weighted by molar-refractivity contribution is 5.83. The zero-order valence-electron chi connectivity index (χ0n) is 13.4. The highest BCUT2D eigenvalue weighted by Gasteiger charge is 2.26. The molecule has 6 heteroatoms. The van der Waals surface area contributed by atoms with E-state index in [2.05, 4.69) is 14.9 Å². The van der Waals surface area contributed by atoms with Gasteiger partial charge in [0.15, 0.2) is 0 Å². The van der Waals surface area contributed by atoms with Crippen LogP contribution in [0.25, 0.3) is 0 Å².